The maximum absolute atomic E-state index is 12.4. The molecule has 4 aromatic rings. The van der Waals surface area contributed by atoms with Gasteiger partial charge >= 0.3 is 0 Å². The molecule has 5 rings (SSSR count). The van der Waals surface area contributed by atoms with Crippen molar-refractivity contribution in [3.63, 3.8) is 0 Å². The van der Waals surface area contributed by atoms with Gasteiger partial charge in [-0.3, -0.25) is 4.79 Å². The van der Waals surface area contributed by atoms with Gasteiger partial charge in [0.1, 0.15) is 0 Å². The Kier molecular flexibility index (Phi) is 4.56. The first-order valence-corrected chi connectivity index (χ1v) is 9.85. The number of hydrogen-bond acceptors (Lipinski definition) is 5. The number of imidazole rings is 1. The summed E-state index contributed by atoms with van der Waals surface area (Å²) in [6, 6.07) is 16.1. The van der Waals surface area contributed by atoms with E-state index in [0.717, 1.165) is 29.4 Å². The minimum Gasteiger partial charge on any atom is -0.345 e. The van der Waals surface area contributed by atoms with Crippen LogP contribution in [-0.2, 0) is 11.2 Å². The SMILES string of the molecule is O=C1CC[C@H](c2nc(-c3ccc4nc[nH]c4c3)no2)CN1CCc1ccccc1. The van der Waals surface area contributed by atoms with Gasteiger partial charge in [0.25, 0.3) is 0 Å². The van der Waals surface area contributed by atoms with Crippen LogP contribution >= 0.6 is 0 Å². The Labute approximate surface area is 167 Å². The molecule has 1 amide bonds. The summed E-state index contributed by atoms with van der Waals surface area (Å²) in [6.45, 7) is 1.32. The fourth-order valence-electron chi connectivity index (χ4n) is 3.83. The number of aromatic amines is 1. The van der Waals surface area contributed by atoms with Crippen LogP contribution < -0.4 is 0 Å². The molecule has 2 aromatic heterocycles. The van der Waals surface area contributed by atoms with E-state index in [4.69, 9.17) is 4.52 Å². The molecule has 2 aromatic carbocycles. The van der Waals surface area contributed by atoms with E-state index in [1.165, 1.54) is 5.56 Å². The molecule has 0 aliphatic carbocycles. The summed E-state index contributed by atoms with van der Waals surface area (Å²) in [5.41, 5.74) is 3.95. The Morgan fingerprint density at radius 1 is 1.17 bits per heavy atom. The van der Waals surface area contributed by atoms with E-state index in [1.54, 1.807) is 6.33 Å². The molecular formula is C22H21N5O2. The van der Waals surface area contributed by atoms with Crippen molar-refractivity contribution in [2.24, 2.45) is 0 Å². The third-order valence-corrected chi connectivity index (χ3v) is 5.48. The summed E-state index contributed by atoms with van der Waals surface area (Å²) in [6.07, 6.45) is 3.76. The molecule has 3 heterocycles. The van der Waals surface area contributed by atoms with Gasteiger partial charge in [0.05, 0.1) is 23.3 Å². The molecule has 1 aliphatic rings. The summed E-state index contributed by atoms with van der Waals surface area (Å²) in [5, 5.41) is 4.17. The number of carbonyl (C=O) groups is 1. The standard InChI is InChI=1S/C22H21N5O2/c28-20-9-7-17(13-27(20)11-10-15-4-2-1-3-5-15)22-25-21(26-29-22)16-6-8-18-19(12-16)24-14-23-18/h1-6,8,12,14,17H,7,9-11,13H2,(H,23,24)/t17-/m0/s1. The first-order chi connectivity index (χ1) is 14.3. The van der Waals surface area contributed by atoms with Gasteiger partial charge in [-0.05, 0) is 36.6 Å². The lowest BCUT2D eigenvalue weighted by Crippen LogP contribution is -2.40. The van der Waals surface area contributed by atoms with Gasteiger partial charge < -0.3 is 14.4 Å². The Morgan fingerprint density at radius 3 is 2.97 bits per heavy atom. The van der Waals surface area contributed by atoms with Gasteiger partial charge in [0, 0.05) is 25.1 Å². The summed E-state index contributed by atoms with van der Waals surface area (Å²) in [5.74, 6) is 1.42. The Hall–Kier alpha value is -3.48. The zero-order valence-electron chi connectivity index (χ0n) is 15.9. The minimum absolute atomic E-state index is 0.0700. The van der Waals surface area contributed by atoms with Crippen molar-refractivity contribution in [1.29, 1.82) is 0 Å². The fourth-order valence-corrected chi connectivity index (χ4v) is 3.83. The van der Waals surface area contributed by atoms with E-state index in [9.17, 15) is 4.79 Å². The van der Waals surface area contributed by atoms with E-state index < -0.39 is 0 Å². The molecule has 29 heavy (non-hydrogen) atoms. The van der Waals surface area contributed by atoms with Crippen LogP contribution in [0.25, 0.3) is 22.4 Å². The zero-order chi connectivity index (χ0) is 19.6. The molecule has 1 fully saturated rings. The first kappa shape index (κ1) is 17.6. The van der Waals surface area contributed by atoms with Crippen LogP contribution in [-0.4, -0.2) is 44.0 Å². The molecule has 146 valence electrons. The van der Waals surface area contributed by atoms with E-state index in [-0.39, 0.29) is 11.8 Å². The van der Waals surface area contributed by atoms with Crippen molar-refractivity contribution < 1.29 is 9.32 Å². The number of benzene rings is 2. The normalized spacial score (nSPS) is 17.2. The molecule has 1 atom stereocenters. The highest BCUT2D eigenvalue weighted by Crippen LogP contribution is 2.29. The number of H-pyrrole nitrogens is 1. The number of nitrogens with one attached hydrogen (secondary N) is 1. The number of piperidine rings is 1. The summed E-state index contributed by atoms with van der Waals surface area (Å²) < 4.78 is 5.57. The summed E-state index contributed by atoms with van der Waals surface area (Å²) in [7, 11) is 0. The van der Waals surface area contributed by atoms with Crippen molar-refractivity contribution in [2.45, 2.75) is 25.2 Å². The molecule has 7 nitrogen and oxygen atoms in total. The van der Waals surface area contributed by atoms with Crippen LogP contribution in [0.5, 0.6) is 0 Å². The predicted molar refractivity (Wildman–Crippen MR) is 108 cm³/mol. The predicted octanol–water partition coefficient (Wildman–Crippen LogP) is 3.56. The Morgan fingerprint density at radius 2 is 2.07 bits per heavy atom. The van der Waals surface area contributed by atoms with Crippen LogP contribution in [0.15, 0.2) is 59.4 Å². The molecule has 7 heteroatoms. The van der Waals surface area contributed by atoms with Crippen LogP contribution in [0.2, 0.25) is 0 Å². The summed E-state index contributed by atoms with van der Waals surface area (Å²) >= 11 is 0. The molecule has 0 spiro atoms. The molecule has 0 bridgehead atoms. The van der Waals surface area contributed by atoms with E-state index in [1.807, 2.05) is 41.3 Å². The van der Waals surface area contributed by atoms with Gasteiger partial charge in [0.15, 0.2) is 0 Å². The highest BCUT2D eigenvalue weighted by atomic mass is 16.5. The molecule has 0 saturated carbocycles. The topological polar surface area (TPSA) is 87.9 Å². The van der Waals surface area contributed by atoms with E-state index in [2.05, 4.69) is 32.2 Å². The summed E-state index contributed by atoms with van der Waals surface area (Å²) in [4.78, 5) is 26.2. The van der Waals surface area contributed by atoms with Crippen molar-refractivity contribution >= 4 is 16.9 Å². The van der Waals surface area contributed by atoms with E-state index >= 15 is 0 Å². The lowest BCUT2D eigenvalue weighted by atomic mass is 9.97. The van der Waals surface area contributed by atoms with Crippen LogP contribution in [0, 0.1) is 0 Å². The number of aromatic nitrogens is 4. The lowest BCUT2D eigenvalue weighted by Gasteiger charge is -2.31. The second-order valence-electron chi connectivity index (χ2n) is 7.40. The molecule has 1 saturated heterocycles. The second-order valence-corrected chi connectivity index (χ2v) is 7.40. The van der Waals surface area contributed by atoms with E-state index in [0.29, 0.717) is 31.2 Å². The Balaban J connectivity index is 1.30. The van der Waals surface area contributed by atoms with Gasteiger partial charge in [0.2, 0.25) is 17.6 Å². The zero-order valence-corrected chi connectivity index (χ0v) is 15.9. The second kappa shape index (κ2) is 7.50. The fraction of sp³-hybridized carbons (Fsp3) is 0.273. The average molecular weight is 387 g/mol. The highest BCUT2D eigenvalue weighted by molar-refractivity contribution is 5.80. The van der Waals surface area contributed by atoms with Gasteiger partial charge in [-0.1, -0.05) is 35.5 Å². The number of carbonyl (C=O) groups excluding carboxylic acids is 1. The molecule has 1 aliphatic heterocycles. The van der Waals surface area contributed by atoms with Gasteiger partial charge in [-0.25, -0.2) is 4.98 Å². The first-order valence-electron chi connectivity index (χ1n) is 9.85. The highest BCUT2D eigenvalue weighted by Gasteiger charge is 2.30. The lowest BCUT2D eigenvalue weighted by molar-refractivity contribution is -0.133. The van der Waals surface area contributed by atoms with Gasteiger partial charge in [-0.15, -0.1) is 0 Å². The van der Waals surface area contributed by atoms with Crippen molar-refractivity contribution in [2.75, 3.05) is 13.1 Å². The third kappa shape index (κ3) is 3.63. The van der Waals surface area contributed by atoms with Crippen molar-refractivity contribution in [1.82, 2.24) is 25.0 Å². The Bertz CT molecular complexity index is 1130. The number of rotatable bonds is 5. The molecule has 0 radical (unpaired) electrons. The van der Waals surface area contributed by atoms with Crippen molar-refractivity contribution in [3.05, 3.63) is 66.3 Å². The number of amides is 1. The molecule has 0 unspecified atom stereocenters. The largest absolute Gasteiger partial charge is 0.345 e. The maximum atomic E-state index is 12.4. The van der Waals surface area contributed by atoms with Crippen LogP contribution in [0.1, 0.15) is 30.2 Å². The smallest absolute Gasteiger partial charge is 0.231 e. The average Bonchev–Trinajstić information content (AvgIpc) is 3.43. The number of fused-ring (bicyclic) bond motifs is 1. The molecule has 1 N–H and O–H groups in total. The van der Waals surface area contributed by atoms with Crippen LogP contribution in [0.3, 0.4) is 0 Å². The third-order valence-electron chi connectivity index (χ3n) is 5.48. The van der Waals surface area contributed by atoms with Crippen LogP contribution in [0.4, 0.5) is 0 Å². The maximum Gasteiger partial charge on any atom is 0.231 e. The monoisotopic (exact) mass is 387 g/mol. The van der Waals surface area contributed by atoms with Gasteiger partial charge in [-0.2, -0.15) is 4.98 Å². The minimum atomic E-state index is 0.0700. The molecular weight excluding hydrogens is 366 g/mol. The quantitative estimate of drug-likeness (QED) is 0.566. The van der Waals surface area contributed by atoms with Crippen molar-refractivity contribution in [3.8, 4) is 11.4 Å². The number of nitrogens with zero attached hydrogens (tertiary/aromatic N) is 4. The number of hydrogen-bond donors (Lipinski definition) is 1. The number of likely N-dealkylation sites (tertiary alicyclic amines) is 1.